The summed E-state index contributed by atoms with van der Waals surface area (Å²) in [6.45, 7) is 0. The van der Waals surface area contributed by atoms with Crippen LogP contribution in [0.2, 0.25) is 5.15 Å². The predicted molar refractivity (Wildman–Crippen MR) is 70.3 cm³/mol. The third kappa shape index (κ3) is 3.77. The number of alkyl halides is 3. The number of thioether (sulfide) groups is 1. The minimum Gasteiger partial charge on any atom is -0.439 e. The van der Waals surface area contributed by atoms with Crippen LogP contribution in [0, 0.1) is 0 Å². The van der Waals surface area contributed by atoms with Crippen LogP contribution in [0.5, 0.6) is 11.6 Å². The van der Waals surface area contributed by atoms with Gasteiger partial charge in [-0.25, -0.2) is 4.98 Å². The van der Waals surface area contributed by atoms with Crippen LogP contribution in [0.15, 0.2) is 35.5 Å². The molecule has 3 nitrogen and oxygen atoms in total. The molecular formula is C12H8ClF3N2OS. The zero-order valence-electron chi connectivity index (χ0n) is 10.1. The average Bonchev–Trinajstić information content (AvgIpc) is 2.37. The summed E-state index contributed by atoms with van der Waals surface area (Å²) in [4.78, 5) is 7.97. The second kappa shape index (κ2) is 5.88. The summed E-state index contributed by atoms with van der Waals surface area (Å²) in [5.41, 5.74) is -0.740. The van der Waals surface area contributed by atoms with Gasteiger partial charge in [0, 0.05) is 6.07 Å². The minimum absolute atomic E-state index is 0.175. The molecule has 0 saturated heterocycles. The van der Waals surface area contributed by atoms with Crippen LogP contribution in [-0.2, 0) is 6.18 Å². The molecule has 1 heterocycles. The van der Waals surface area contributed by atoms with Crippen molar-refractivity contribution >= 4 is 23.4 Å². The lowest BCUT2D eigenvalue weighted by molar-refractivity contribution is -0.137. The van der Waals surface area contributed by atoms with E-state index < -0.39 is 11.7 Å². The van der Waals surface area contributed by atoms with Gasteiger partial charge in [-0.2, -0.15) is 18.2 Å². The number of nitrogens with zero attached hydrogens (tertiary/aromatic N) is 2. The topological polar surface area (TPSA) is 35.0 Å². The first-order chi connectivity index (χ1) is 9.38. The molecule has 0 N–H and O–H groups in total. The Morgan fingerprint density at radius 3 is 2.35 bits per heavy atom. The molecule has 2 rings (SSSR count). The van der Waals surface area contributed by atoms with Gasteiger partial charge in [-0.1, -0.05) is 23.4 Å². The van der Waals surface area contributed by atoms with Crippen LogP contribution < -0.4 is 4.74 Å². The van der Waals surface area contributed by atoms with Gasteiger partial charge in [0.05, 0.1) is 5.56 Å². The van der Waals surface area contributed by atoms with Crippen LogP contribution in [0.4, 0.5) is 13.2 Å². The van der Waals surface area contributed by atoms with E-state index in [1.54, 1.807) is 6.26 Å². The summed E-state index contributed by atoms with van der Waals surface area (Å²) in [6.07, 6.45) is -2.60. The molecule has 0 aliphatic rings. The highest BCUT2D eigenvalue weighted by Gasteiger charge is 2.30. The van der Waals surface area contributed by atoms with Crippen LogP contribution in [0.25, 0.3) is 0 Å². The maximum absolute atomic E-state index is 12.4. The van der Waals surface area contributed by atoms with Gasteiger partial charge in [-0.15, -0.1) is 0 Å². The van der Waals surface area contributed by atoms with Gasteiger partial charge in [0.1, 0.15) is 10.9 Å². The molecule has 0 aliphatic carbocycles. The summed E-state index contributed by atoms with van der Waals surface area (Å²) in [6, 6.07) is 5.70. The van der Waals surface area contributed by atoms with Crippen LogP contribution in [0.1, 0.15) is 5.56 Å². The number of ether oxygens (including phenoxy) is 1. The maximum atomic E-state index is 12.4. The number of hydrogen-bond acceptors (Lipinski definition) is 4. The number of halogens is 4. The Kier molecular flexibility index (Phi) is 4.39. The Labute approximate surface area is 122 Å². The molecule has 2 aromatic rings. The van der Waals surface area contributed by atoms with E-state index in [9.17, 15) is 13.2 Å². The van der Waals surface area contributed by atoms with Gasteiger partial charge in [-0.05, 0) is 30.5 Å². The Morgan fingerprint density at radius 2 is 1.80 bits per heavy atom. The first-order valence-electron chi connectivity index (χ1n) is 5.32. The monoisotopic (exact) mass is 320 g/mol. The Morgan fingerprint density at radius 1 is 1.15 bits per heavy atom. The van der Waals surface area contributed by atoms with Crippen molar-refractivity contribution < 1.29 is 17.9 Å². The molecule has 0 bridgehead atoms. The zero-order chi connectivity index (χ0) is 14.8. The van der Waals surface area contributed by atoms with Gasteiger partial charge in [-0.3, -0.25) is 0 Å². The van der Waals surface area contributed by atoms with Crippen molar-refractivity contribution in [2.24, 2.45) is 0 Å². The van der Waals surface area contributed by atoms with Crippen LogP contribution >= 0.6 is 23.4 Å². The molecule has 1 aromatic heterocycles. The summed E-state index contributed by atoms with van der Waals surface area (Å²) >= 11 is 7.06. The maximum Gasteiger partial charge on any atom is 0.416 e. The van der Waals surface area contributed by atoms with Gasteiger partial charge >= 0.3 is 6.18 Å². The van der Waals surface area contributed by atoms with E-state index >= 15 is 0 Å². The van der Waals surface area contributed by atoms with Crippen molar-refractivity contribution in [3.8, 4) is 11.6 Å². The fourth-order valence-corrected chi connectivity index (χ4v) is 1.95. The molecule has 0 atom stereocenters. The third-order valence-corrected chi connectivity index (χ3v) is 2.98. The highest BCUT2D eigenvalue weighted by Crippen LogP contribution is 2.31. The fourth-order valence-electron chi connectivity index (χ4n) is 1.35. The lowest BCUT2D eigenvalue weighted by Crippen LogP contribution is -2.04. The molecule has 0 spiro atoms. The first-order valence-corrected chi connectivity index (χ1v) is 6.92. The molecule has 0 fully saturated rings. The Hall–Kier alpha value is -1.47. The molecule has 20 heavy (non-hydrogen) atoms. The molecule has 0 aliphatic heterocycles. The smallest absolute Gasteiger partial charge is 0.416 e. The van der Waals surface area contributed by atoms with Crippen molar-refractivity contribution in [2.75, 3.05) is 6.26 Å². The minimum atomic E-state index is -4.37. The molecule has 106 valence electrons. The molecule has 1 aromatic carbocycles. The van der Waals surface area contributed by atoms with Crippen molar-refractivity contribution in [3.05, 3.63) is 41.0 Å². The van der Waals surface area contributed by atoms with E-state index in [0.29, 0.717) is 5.16 Å². The molecule has 0 saturated carbocycles. The van der Waals surface area contributed by atoms with Crippen molar-refractivity contribution in [1.82, 2.24) is 9.97 Å². The second-order valence-electron chi connectivity index (χ2n) is 3.64. The third-order valence-electron chi connectivity index (χ3n) is 2.24. The van der Waals surface area contributed by atoms with Gasteiger partial charge in [0.25, 0.3) is 0 Å². The van der Waals surface area contributed by atoms with Crippen molar-refractivity contribution in [1.29, 1.82) is 0 Å². The first kappa shape index (κ1) is 14.9. The van der Waals surface area contributed by atoms with E-state index in [1.807, 2.05) is 0 Å². The summed E-state index contributed by atoms with van der Waals surface area (Å²) in [5.74, 6) is 0.411. The van der Waals surface area contributed by atoms with E-state index in [2.05, 4.69) is 9.97 Å². The van der Waals surface area contributed by atoms with Crippen LogP contribution in [0.3, 0.4) is 0 Å². The molecule has 0 unspecified atom stereocenters. The van der Waals surface area contributed by atoms with E-state index in [1.165, 1.54) is 30.0 Å². The van der Waals surface area contributed by atoms with E-state index in [-0.39, 0.29) is 16.8 Å². The number of hydrogen-bond donors (Lipinski definition) is 0. The zero-order valence-corrected chi connectivity index (χ0v) is 11.7. The number of aromatic nitrogens is 2. The quantitative estimate of drug-likeness (QED) is 0.468. The highest BCUT2D eigenvalue weighted by atomic mass is 35.5. The van der Waals surface area contributed by atoms with Gasteiger partial charge in [0.15, 0.2) is 5.16 Å². The molecule has 0 amide bonds. The Balaban J connectivity index is 2.20. The van der Waals surface area contributed by atoms with Crippen molar-refractivity contribution in [2.45, 2.75) is 11.3 Å². The number of benzene rings is 1. The van der Waals surface area contributed by atoms with E-state index in [0.717, 1.165) is 12.1 Å². The second-order valence-corrected chi connectivity index (χ2v) is 4.80. The SMILES string of the molecule is CSc1nc(Cl)cc(Oc2ccc(C(F)(F)F)cc2)n1. The predicted octanol–water partition coefficient (Wildman–Crippen LogP) is 4.66. The number of rotatable bonds is 3. The van der Waals surface area contributed by atoms with Gasteiger partial charge in [0.2, 0.25) is 5.88 Å². The van der Waals surface area contributed by atoms with Crippen molar-refractivity contribution in [3.63, 3.8) is 0 Å². The normalized spacial score (nSPS) is 11.4. The summed E-state index contributed by atoms with van der Waals surface area (Å²) < 4.78 is 42.6. The van der Waals surface area contributed by atoms with Crippen LogP contribution in [-0.4, -0.2) is 16.2 Å². The summed E-state index contributed by atoms with van der Waals surface area (Å²) in [7, 11) is 0. The lowest BCUT2D eigenvalue weighted by Gasteiger charge is -2.09. The Bertz CT molecular complexity index is 605. The summed E-state index contributed by atoms with van der Waals surface area (Å²) in [5, 5.41) is 0.616. The molecular weight excluding hydrogens is 313 g/mol. The fraction of sp³-hybridized carbons (Fsp3) is 0.167. The van der Waals surface area contributed by atoms with Gasteiger partial charge < -0.3 is 4.74 Å². The standard InChI is InChI=1S/C12H8ClF3N2OS/c1-20-11-17-9(13)6-10(18-11)19-8-4-2-7(3-5-8)12(14,15)16/h2-6H,1H3. The highest BCUT2D eigenvalue weighted by molar-refractivity contribution is 7.98. The lowest BCUT2D eigenvalue weighted by atomic mass is 10.2. The average molecular weight is 321 g/mol. The molecule has 0 radical (unpaired) electrons. The van der Waals surface area contributed by atoms with E-state index in [4.69, 9.17) is 16.3 Å². The molecule has 8 heteroatoms. The largest absolute Gasteiger partial charge is 0.439 e.